The number of rotatable bonds is 5. The molecule has 152 valence electrons. The number of benzene rings is 2. The maximum atomic E-state index is 12.7. The zero-order valence-corrected chi connectivity index (χ0v) is 17.1. The van der Waals surface area contributed by atoms with Crippen molar-refractivity contribution in [1.29, 1.82) is 0 Å². The standard InChI is InChI=1S/C23H28N4O2/c1-3-26-11-13-27(14-12-26)19-9-10-20(17(2)15-19)24-23(28)21-16-22(29-25-21)18-7-5-4-6-8-18/h4-10,15,22H,3,11-14,16H2,1-2H3,(H,24,28). The van der Waals surface area contributed by atoms with Crippen LogP contribution in [0.3, 0.4) is 0 Å². The Balaban J connectivity index is 1.36. The van der Waals surface area contributed by atoms with Gasteiger partial charge in [0.15, 0.2) is 6.10 Å². The van der Waals surface area contributed by atoms with E-state index < -0.39 is 0 Å². The number of carbonyl (C=O) groups is 1. The summed E-state index contributed by atoms with van der Waals surface area (Å²) < 4.78 is 0. The van der Waals surface area contributed by atoms with Crippen molar-refractivity contribution in [2.75, 3.05) is 42.9 Å². The van der Waals surface area contributed by atoms with Crippen LogP contribution in [0.1, 0.15) is 30.6 Å². The second-order valence-electron chi connectivity index (χ2n) is 7.62. The number of likely N-dealkylation sites (N-methyl/N-ethyl adjacent to an activating group) is 1. The lowest BCUT2D eigenvalue weighted by Crippen LogP contribution is -2.46. The number of piperazine rings is 1. The maximum absolute atomic E-state index is 12.7. The van der Waals surface area contributed by atoms with E-state index in [9.17, 15) is 4.79 Å². The fourth-order valence-electron chi connectivity index (χ4n) is 3.86. The highest BCUT2D eigenvalue weighted by Gasteiger charge is 2.27. The van der Waals surface area contributed by atoms with Crippen molar-refractivity contribution in [2.45, 2.75) is 26.4 Å². The van der Waals surface area contributed by atoms with Gasteiger partial charge in [-0.15, -0.1) is 0 Å². The number of hydrogen-bond acceptors (Lipinski definition) is 5. The third-order valence-electron chi connectivity index (χ3n) is 5.75. The summed E-state index contributed by atoms with van der Waals surface area (Å²) in [5.74, 6) is -0.198. The van der Waals surface area contributed by atoms with Crippen LogP contribution in [0.4, 0.5) is 11.4 Å². The van der Waals surface area contributed by atoms with Crippen LogP contribution < -0.4 is 10.2 Å². The molecule has 1 amide bonds. The van der Waals surface area contributed by atoms with Crippen LogP contribution in [0.15, 0.2) is 53.7 Å². The molecule has 1 unspecified atom stereocenters. The van der Waals surface area contributed by atoms with E-state index in [-0.39, 0.29) is 12.0 Å². The van der Waals surface area contributed by atoms with Gasteiger partial charge < -0.3 is 20.0 Å². The van der Waals surface area contributed by atoms with Crippen LogP contribution in [0, 0.1) is 6.92 Å². The average molecular weight is 393 g/mol. The molecule has 6 heteroatoms. The molecule has 2 heterocycles. The fraction of sp³-hybridized carbons (Fsp3) is 0.391. The van der Waals surface area contributed by atoms with Gasteiger partial charge >= 0.3 is 0 Å². The Morgan fingerprint density at radius 2 is 1.90 bits per heavy atom. The lowest BCUT2D eigenvalue weighted by Gasteiger charge is -2.35. The molecule has 0 aromatic heterocycles. The first kappa shape index (κ1) is 19.5. The first-order valence-corrected chi connectivity index (χ1v) is 10.3. The van der Waals surface area contributed by atoms with Crippen molar-refractivity contribution in [2.24, 2.45) is 5.16 Å². The molecule has 29 heavy (non-hydrogen) atoms. The van der Waals surface area contributed by atoms with E-state index in [0.717, 1.165) is 49.5 Å². The summed E-state index contributed by atoms with van der Waals surface area (Å²) in [6.07, 6.45) is 0.288. The molecule has 1 saturated heterocycles. The van der Waals surface area contributed by atoms with Crippen molar-refractivity contribution in [1.82, 2.24) is 4.90 Å². The quantitative estimate of drug-likeness (QED) is 0.845. The molecule has 0 radical (unpaired) electrons. The smallest absolute Gasteiger partial charge is 0.273 e. The molecule has 2 aromatic carbocycles. The number of anilines is 2. The molecule has 1 N–H and O–H groups in total. The molecule has 2 aliphatic heterocycles. The number of aryl methyl sites for hydroxylation is 1. The van der Waals surface area contributed by atoms with E-state index in [1.54, 1.807) is 0 Å². The lowest BCUT2D eigenvalue weighted by atomic mass is 10.0. The predicted molar refractivity (Wildman–Crippen MR) is 116 cm³/mol. The van der Waals surface area contributed by atoms with Crippen molar-refractivity contribution in [3.63, 3.8) is 0 Å². The maximum Gasteiger partial charge on any atom is 0.273 e. The summed E-state index contributed by atoms with van der Waals surface area (Å²) in [7, 11) is 0. The zero-order valence-electron chi connectivity index (χ0n) is 17.1. The predicted octanol–water partition coefficient (Wildman–Crippen LogP) is 3.59. The summed E-state index contributed by atoms with van der Waals surface area (Å²) >= 11 is 0. The number of carbonyl (C=O) groups excluding carboxylic acids is 1. The van der Waals surface area contributed by atoms with Crippen LogP contribution in [0.2, 0.25) is 0 Å². The first-order chi connectivity index (χ1) is 14.1. The van der Waals surface area contributed by atoms with Gasteiger partial charge in [0.25, 0.3) is 5.91 Å². The van der Waals surface area contributed by atoms with Gasteiger partial charge in [-0.25, -0.2) is 0 Å². The van der Waals surface area contributed by atoms with E-state index >= 15 is 0 Å². The minimum atomic E-state index is -0.198. The molecule has 2 aromatic rings. The van der Waals surface area contributed by atoms with Gasteiger partial charge in [-0.3, -0.25) is 4.79 Å². The normalized spacial score (nSPS) is 19.6. The van der Waals surface area contributed by atoms with Crippen LogP contribution in [-0.4, -0.2) is 49.2 Å². The average Bonchev–Trinajstić information content (AvgIpc) is 3.26. The molecule has 1 atom stereocenters. The molecule has 0 aliphatic carbocycles. The molecule has 0 saturated carbocycles. The second-order valence-corrected chi connectivity index (χ2v) is 7.62. The van der Waals surface area contributed by atoms with Gasteiger partial charge in [0.05, 0.1) is 0 Å². The third-order valence-corrected chi connectivity index (χ3v) is 5.75. The lowest BCUT2D eigenvalue weighted by molar-refractivity contribution is -0.110. The topological polar surface area (TPSA) is 57.2 Å². The minimum Gasteiger partial charge on any atom is -0.387 e. The Morgan fingerprint density at radius 1 is 1.14 bits per heavy atom. The largest absolute Gasteiger partial charge is 0.387 e. The Bertz CT molecular complexity index is 889. The van der Waals surface area contributed by atoms with Crippen molar-refractivity contribution in [3.05, 3.63) is 59.7 Å². The SMILES string of the molecule is CCN1CCN(c2ccc(NC(=O)C3=NOC(c4ccccc4)C3)c(C)c2)CC1. The molecule has 1 fully saturated rings. The summed E-state index contributed by atoms with van der Waals surface area (Å²) in [4.78, 5) is 23.0. The Kier molecular flexibility index (Phi) is 5.81. The zero-order chi connectivity index (χ0) is 20.2. The summed E-state index contributed by atoms with van der Waals surface area (Å²) in [5, 5.41) is 7.01. The van der Waals surface area contributed by atoms with Crippen molar-refractivity contribution in [3.8, 4) is 0 Å². The van der Waals surface area contributed by atoms with Gasteiger partial charge in [-0.1, -0.05) is 42.4 Å². The van der Waals surface area contributed by atoms with E-state index in [2.05, 4.69) is 39.3 Å². The molecule has 2 aliphatic rings. The highest BCUT2D eigenvalue weighted by Crippen LogP contribution is 2.28. The summed E-state index contributed by atoms with van der Waals surface area (Å²) in [6, 6.07) is 16.1. The van der Waals surface area contributed by atoms with Gasteiger partial charge in [-0.05, 0) is 42.8 Å². The molecule has 0 spiro atoms. The van der Waals surface area contributed by atoms with E-state index in [4.69, 9.17) is 4.84 Å². The molecular weight excluding hydrogens is 364 g/mol. The summed E-state index contributed by atoms with van der Waals surface area (Å²) in [6.45, 7) is 9.60. The minimum absolute atomic E-state index is 0.192. The molecule has 6 nitrogen and oxygen atoms in total. The highest BCUT2D eigenvalue weighted by molar-refractivity contribution is 6.43. The first-order valence-electron chi connectivity index (χ1n) is 10.3. The van der Waals surface area contributed by atoms with Crippen LogP contribution in [0.5, 0.6) is 0 Å². The highest BCUT2D eigenvalue weighted by atomic mass is 16.6. The van der Waals surface area contributed by atoms with Gasteiger partial charge in [0, 0.05) is 44.0 Å². The van der Waals surface area contributed by atoms with Crippen LogP contribution in [0.25, 0.3) is 0 Å². The Morgan fingerprint density at radius 3 is 2.59 bits per heavy atom. The van der Waals surface area contributed by atoms with Crippen molar-refractivity contribution >= 4 is 23.0 Å². The fourth-order valence-corrected chi connectivity index (χ4v) is 3.86. The Hall–Kier alpha value is -2.86. The van der Waals surface area contributed by atoms with E-state index in [0.29, 0.717) is 12.1 Å². The third kappa shape index (κ3) is 4.43. The molecular formula is C23H28N4O2. The summed E-state index contributed by atoms with van der Waals surface area (Å²) in [5.41, 5.74) is 4.53. The van der Waals surface area contributed by atoms with Crippen molar-refractivity contribution < 1.29 is 9.63 Å². The van der Waals surface area contributed by atoms with Crippen LogP contribution >= 0.6 is 0 Å². The van der Waals surface area contributed by atoms with E-state index in [1.165, 1.54) is 5.69 Å². The number of nitrogens with one attached hydrogen (secondary N) is 1. The second kappa shape index (κ2) is 8.66. The van der Waals surface area contributed by atoms with E-state index in [1.807, 2.05) is 43.3 Å². The van der Waals surface area contributed by atoms with Gasteiger partial charge in [0.2, 0.25) is 0 Å². The Labute approximate surface area is 172 Å². The van der Waals surface area contributed by atoms with Gasteiger partial charge in [0.1, 0.15) is 5.71 Å². The number of oxime groups is 1. The molecule has 0 bridgehead atoms. The number of hydrogen-bond donors (Lipinski definition) is 1. The molecule has 4 rings (SSSR count). The van der Waals surface area contributed by atoms with Crippen LogP contribution in [-0.2, 0) is 9.63 Å². The number of amides is 1. The van der Waals surface area contributed by atoms with Gasteiger partial charge in [-0.2, -0.15) is 0 Å². The monoisotopic (exact) mass is 392 g/mol. The number of nitrogens with zero attached hydrogens (tertiary/aromatic N) is 3.